The van der Waals surface area contributed by atoms with Gasteiger partial charge >= 0.3 is 0 Å². The molecule has 0 N–H and O–H groups in total. The van der Waals surface area contributed by atoms with Crippen molar-refractivity contribution in [3.63, 3.8) is 0 Å². The van der Waals surface area contributed by atoms with Crippen molar-refractivity contribution in [2.75, 3.05) is 13.1 Å². The molecule has 0 heterocycles. The van der Waals surface area contributed by atoms with Crippen molar-refractivity contribution in [1.82, 2.24) is 4.90 Å². The van der Waals surface area contributed by atoms with Crippen LogP contribution in [0.1, 0.15) is 41.0 Å². The zero-order valence-electron chi connectivity index (χ0n) is 9.93. The van der Waals surface area contributed by atoms with E-state index in [0.717, 1.165) is 19.5 Å². The highest BCUT2D eigenvalue weighted by molar-refractivity contribution is 14.1. The third kappa shape index (κ3) is 4.15. The molecule has 0 rings (SSSR count). The van der Waals surface area contributed by atoms with Crippen LogP contribution in [0.5, 0.6) is 0 Å². The van der Waals surface area contributed by atoms with Gasteiger partial charge in [-0.1, -0.05) is 43.4 Å². The smallest absolute Gasteiger partial charge is 0.228 e. The molecule has 0 saturated heterocycles. The molecule has 0 aliphatic rings. The van der Waals surface area contributed by atoms with Gasteiger partial charge in [-0.15, -0.1) is 0 Å². The van der Waals surface area contributed by atoms with Gasteiger partial charge in [0.1, 0.15) is 0 Å². The second kappa shape index (κ2) is 5.93. The molecule has 0 aliphatic heterocycles. The zero-order chi connectivity index (χ0) is 11.4. The van der Waals surface area contributed by atoms with Gasteiger partial charge in [0, 0.05) is 22.4 Å². The number of hydrogen-bond acceptors (Lipinski definition) is 1. The van der Waals surface area contributed by atoms with Gasteiger partial charge in [0.15, 0.2) is 0 Å². The Morgan fingerprint density at radius 3 is 2.07 bits per heavy atom. The van der Waals surface area contributed by atoms with Gasteiger partial charge in [-0.25, -0.2) is 0 Å². The lowest BCUT2D eigenvalue weighted by Crippen LogP contribution is -2.41. The van der Waals surface area contributed by atoms with Gasteiger partial charge in [-0.05, 0) is 20.3 Å². The van der Waals surface area contributed by atoms with E-state index < -0.39 is 0 Å². The summed E-state index contributed by atoms with van der Waals surface area (Å²) in [5, 5.41) is 0. The van der Waals surface area contributed by atoms with Crippen LogP contribution in [0.3, 0.4) is 0 Å². The first-order chi connectivity index (χ1) is 6.35. The van der Waals surface area contributed by atoms with Crippen LogP contribution in [0.4, 0.5) is 0 Å². The van der Waals surface area contributed by atoms with Crippen molar-refractivity contribution in [2.24, 2.45) is 5.41 Å². The van der Waals surface area contributed by atoms with Crippen LogP contribution in [0.15, 0.2) is 0 Å². The summed E-state index contributed by atoms with van der Waals surface area (Å²) in [5.41, 5.74) is -0.216. The Morgan fingerprint density at radius 1 is 1.36 bits per heavy atom. The summed E-state index contributed by atoms with van der Waals surface area (Å²) < 4.78 is 0.544. The molecule has 0 aromatic carbocycles. The Morgan fingerprint density at radius 2 is 1.79 bits per heavy atom. The van der Waals surface area contributed by atoms with Crippen molar-refractivity contribution in [3.8, 4) is 0 Å². The largest absolute Gasteiger partial charge is 0.343 e. The van der Waals surface area contributed by atoms with Crippen molar-refractivity contribution >= 4 is 28.5 Å². The minimum Gasteiger partial charge on any atom is -0.343 e. The Hall–Kier alpha value is 0.200. The number of carbonyl (C=O) groups excluding carboxylic acids is 1. The maximum absolute atomic E-state index is 12.1. The molecule has 1 atom stereocenters. The second-order valence-electron chi connectivity index (χ2n) is 4.35. The molecular formula is C11H22INO. The first-order valence-corrected chi connectivity index (χ1v) is 6.53. The quantitative estimate of drug-likeness (QED) is 0.564. The van der Waals surface area contributed by atoms with E-state index in [1.165, 1.54) is 0 Å². The molecule has 84 valence electrons. The van der Waals surface area contributed by atoms with E-state index in [4.69, 9.17) is 0 Å². The van der Waals surface area contributed by atoms with Gasteiger partial charge in [0.2, 0.25) is 5.91 Å². The molecule has 0 fully saturated rings. The van der Waals surface area contributed by atoms with Crippen LogP contribution < -0.4 is 0 Å². The topological polar surface area (TPSA) is 20.3 Å². The highest BCUT2D eigenvalue weighted by Crippen LogP contribution is 2.28. The average molecular weight is 311 g/mol. The van der Waals surface area contributed by atoms with Gasteiger partial charge in [0.05, 0.1) is 0 Å². The lowest BCUT2D eigenvalue weighted by Gasteiger charge is -2.31. The molecule has 0 radical (unpaired) electrons. The molecule has 3 heteroatoms. The van der Waals surface area contributed by atoms with Crippen LogP contribution in [-0.2, 0) is 4.79 Å². The van der Waals surface area contributed by atoms with E-state index in [1.807, 2.05) is 32.6 Å². The van der Waals surface area contributed by atoms with Crippen LogP contribution in [-0.4, -0.2) is 27.8 Å². The number of halogens is 1. The lowest BCUT2D eigenvalue weighted by atomic mass is 9.86. The predicted octanol–water partition coefficient (Wildman–Crippen LogP) is 3.09. The van der Waals surface area contributed by atoms with Crippen molar-refractivity contribution < 1.29 is 4.79 Å². The third-order valence-electron chi connectivity index (χ3n) is 2.42. The van der Waals surface area contributed by atoms with Crippen LogP contribution >= 0.6 is 22.6 Å². The third-order valence-corrected chi connectivity index (χ3v) is 2.86. The molecule has 0 bridgehead atoms. The Bertz CT molecular complexity index is 186. The maximum Gasteiger partial charge on any atom is 0.228 e. The highest BCUT2D eigenvalue weighted by atomic mass is 127. The molecule has 0 saturated carbocycles. The number of carbonyl (C=O) groups is 1. The van der Waals surface area contributed by atoms with Crippen LogP contribution in [0.2, 0.25) is 0 Å². The fourth-order valence-electron chi connectivity index (χ4n) is 1.73. The van der Waals surface area contributed by atoms with E-state index in [1.54, 1.807) is 0 Å². The molecule has 0 spiro atoms. The summed E-state index contributed by atoms with van der Waals surface area (Å²) in [6, 6.07) is 0. The van der Waals surface area contributed by atoms with Gasteiger partial charge in [0.25, 0.3) is 0 Å². The monoisotopic (exact) mass is 311 g/mol. The molecule has 1 amide bonds. The Labute approximate surface area is 102 Å². The van der Waals surface area contributed by atoms with E-state index >= 15 is 0 Å². The number of amides is 1. The van der Waals surface area contributed by atoms with E-state index in [9.17, 15) is 4.79 Å². The Kier molecular flexibility index (Phi) is 6.02. The lowest BCUT2D eigenvalue weighted by molar-refractivity contribution is -0.140. The van der Waals surface area contributed by atoms with Crippen LogP contribution in [0, 0.1) is 5.41 Å². The van der Waals surface area contributed by atoms with Crippen LogP contribution in [0.25, 0.3) is 0 Å². The van der Waals surface area contributed by atoms with Crippen molar-refractivity contribution in [2.45, 2.75) is 45.0 Å². The van der Waals surface area contributed by atoms with E-state index in [2.05, 4.69) is 29.5 Å². The first-order valence-electron chi connectivity index (χ1n) is 5.28. The molecule has 0 aromatic heterocycles. The SMILES string of the molecule is CCN(CC)C(=O)C(C)(C)CC(C)I. The highest BCUT2D eigenvalue weighted by Gasteiger charge is 2.31. The molecule has 0 aromatic rings. The van der Waals surface area contributed by atoms with Gasteiger partial charge < -0.3 is 4.90 Å². The number of rotatable bonds is 5. The summed E-state index contributed by atoms with van der Waals surface area (Å²) in [7, 11) is 0. The number of hydrogen-bond donors (Lipinski definition) is 0. The number of nitrogens with zero attached hydrogens (tertiary/aromatic N) is 1. The van der Waals surface area contributed by atoms with Crippen molar-refractivity contribution in [1.29, 1.82) is 0 Å². The fraction of sp³-hybridized carbons (Fsp3) is 0.909. The van der Waals surface area contributed by atoms with Gasteiger partial charge in [-0.2, -0.15) is 0 Å². The summed E-state index contributed by atoms with van der Waals surface area (Å²) in [5.74, 6) is 0.283. The van der Waals surface area contributed by atoms with Crippen molar-refractivity contribution in [3.05, 3.63) is 0 Å². The summed E-state index contributed by atoms with van der Waals surface area (Å²) in [6.45, 7) is 11.9. The number of alkyl halides is 1. The molecule has 0 aliphatic carbocycles. The summed E-state index contributed by atoms with van der Waals surface area (Å²) >= 11 is 2.38. The fourth-order valence-corrected chi connectivity index (χ4v) is 2.83. The average Bonchev–Trinajstić information content (AvgIpc) is 2.04. The minimum atomic E-state index is -0.216. The normalized spacial score (nSPS) is 13.9. The molecule has 1 unspecified atom stereocenters. The maximum atomic E-state index is 12.1. The predicted molar refractivity (Wildman–Crippen MR) is 69.8 cm³/mol. The summed E-state index contributed by atoms with van der Waals surface area (Å²) in [6.07, 6.45) is 0.947. The molecule has 14 heavy (non-hydrogen) atoms. The summed E-state index contributed by atoms with van der Waals surface area (Å²) in [4.78, 5) is 14.0. The van der Waals surface area contributed by atoms with Gasteiger partial charge in [-0.3, -0.25) is 4.79 Å². The zero-order valence-corrected chi connectivity index (χ0v) is 12.1. The Balaban J connectivity index is 4.47. The first kappa shape index (κ1) is 14.2. The minimum absolute atomic E-state index is 0.216. The molecular weight excluding hydrogens is 289 g/mol. The standard InChI is InChI=1S/C11H22INO/c1-6-13(7-2)10(14)11(4,5)8-9(3)12/h9H,6-8H2,1-5H3. The molecule has 2 nitrogen and oxygen atoms in total. The van der Waals surface area contributed by atoms with E-state index in [-0.39, 0.29) is 11.3 Å². The second-order valence-corrected chi connectivity index (χ2v) is 6.47. The van der Waals surface area contributed by atoms with E-state index in [0.29, 0.717) is 3.92 Å².